The van der Waals surface area contributed by atoms with Crippen LogP contribution in [0.5, 0.6) is 0 Å². The second-order valence-corrected chi connectivity index (χ2v) is 6.96. The number of halogens is 2. The molecule has 3 aromatic carbocycles. The Morgan fingerprint density at radius 3 is 1.62 bits per heavy atom. The van der Waals surface area contributed by atoms with E-state index >= 15 is 0 Å². The van der Waals surface area contributed by atoms with Crippen molar-refractivity contribution in [3.8, 4) is 22.3 Å². The largest absolute Gasteiger partial charge is 0.478 e. The van der Waals surface area contributed by atoms with Crippen molar-refractivity contribution in [3.63, 3.8) is 0 Å². The second kappa shape index (κ2) is 7.80. The van der Waals surface area contributed by atoms with E-state index in [1.54, 1.807) is 6.07 Å². The van der Waals surface area contributed by atoms with Crippen molar-refractivity contribution in [1.29, 1.82) is 0 Å². The highest BCUT2D eigenvalue weighted by Gasteiger charge is 2.13. The molecule has 0 fully saturated rings. The quantitative estimate of drug-likeness (QED) is 0.549. The summed E-state index contributed by atoms with van der Waals surface area (Å²) in [5.74, 6) is -2.22. The SMILES string of the molecule is O=C(O)c1ccc(-c2ccc(-c3ccc(C(=O)O)cc3)c(N=S(=O)(F)F)c2)cc1. The van der Waals surface area contributed by atoms with Crippen LogP contribution in [0.2, 0.25) is 0 Å². The van der Waals surface area contributed by atoms with Crippen LogP contribution in [-0.2, 0) is 10.5 Å². The minimum Gasteiger partial charge on any atom is -0.478 e. The van der Waals surface area contributed by atoms with Gasteiger partial charge in [0.2, 0.25) is 0 Å². The molecule has 0 bridgehead atoms. The number of benzene rings is 3. The number of hydrogen-bond acceptors (Lipinski definition) is 4. The van der Waals surface area contributed by atoms with Crippen LogP contribution in [0.3, 0.4) is 0 Å². The highest BCUT2D eigenvalue weighted by atomic mass is 32.3. The molecule has 0 spiro atoms. The lowest BCUT2D eigenvalue weighted by atomic mass is 9.97. The van der Waals surface area contributed by atoms with E-state index in [1.165, 1.54) is 60.7 Å². The van der Waals surface area contributed by atoms with Gasteiger partial charge in [-0.2, -0.15) is 4.21 Å². The Labute approximate surface area is 164 Å². The van der Waals surface area contributed by atoms with Crippen molar-refractivity contribution >= 4 is 28.1 Å². The van der Waals surface area contributed by atoms with Crippen molar-refractivity contribution in [2.24, 2.45) is 4.36 Å². The summed E-state index contributed by atoms with van der Waals surface area (Å²) >= 11 is 0. The summed E-state index contributed by atoms with van der Waals surface area (Å²) in [7, 11) is -5.44. The normalized spacial score (nSPS) is 11.1. The minimum absolute atomic E-state index is 0.0298. The Balaban J connectivity index is 2.11. The maximum Gasteiger partial charge on any atom is 0.371 e. The molecule has 0 aliphatic heterocycles. The van der Waals surface area contributed by atoms with Crippen LogP contribution in [0.15, 0.2) is 71.1 Å². The Hall–Kier alpha value is -3.59. The van der Waals surface area contributed by atoms with Crippen LogP contribution in [0.4, 0.5) is 13.5 Å². The summed E-state index contributed by atoms with van der Waals surface area (Å²) in [5.41, 5.74) is 1.56. The van der Waals surface area contributed by atoms with E-state index in [0.29, 0.717) is 16.7 Å². The average Bonchev–Trinajstić information content (AvgIpc) is 2.67. The van der Waals surface area contributed by atoms with Crippen molar-refractivity contribution < 1.29 is 31.8 Å². The Morgan fingerprint density at radius 1 is 0.724 bits per heavy atom. The summed E-state index contributed by atoms with van der Waals surface area (Å²) in [6, 6.07) is 15.8. The van der Waals surface area contributed by atoms with Gasteiger partial charge in [0.1, 0.15) is 0 Å². The number of nitrogens with zero attached hydrogens (tertiary/aromatic N) is 1. The van der Waals surface area contributed by atoms with Crippen LogP contribution < -0.4 is 0 Å². The highest BCUT2D eigenvalue weighted by molar-refractivity contribution is 7.83. The summed E-state index contributed by atoms with van der Waals surface area (Å²) < 4.78 is 40.4. The van der Waals surface area contributed by atoms with Gasteiger partial charge in [0, 0.05) is 5.56 Å². The van der Waals surface area contributed by atoms with Gasteiger partial charge in [-0.15, -0.1) is 4.36 Å². The van der Waals surface area contributed by atoms with E-state index in [2.05, 4.69) is 4.36 Å². The number of carboxylic acid groups (broad SMARTS) is 2. The van der Waals surface area contributed by atoms with Gasteiger partial charge in [-0.25, -0.2) is 9.59 Å². The number of carboxylic acids is 2. The van der Waals surface area contributed by atoms with Gasteiger partial charge in [0.15, 0.2) is 0 Å². The molecule has 9 heteroatoms. The summed E-state index contributed by atoms with van der Waals surface area (Å²) in [4.78, 5) is 21.9. The zero-order chi connectivity index (χ0) is 21.2. The second-order valence-electron chi connectivity index (χ2n) is 5.99. The monoisotopic (exact) mass is 417 g/mol. The van der Waals surface area contributed by atoms with Crippen molar-refractivity contribution in [3.05, 3.63) is 77.9 Å². The fourth-order valence-corrected chi connectivity index (χ4v) is 3.12. The van der Waals surface area contributed by atoms with E-state index in [-0.39, 0.29) is 22.4 Å². The Morgan fingerprint density at radius 2 is 1.17 bits per heavy atom. The zero-order valence-corrected chi connectivity index (χ0v) is 15.4. The van der Waals surface area contributed by atoms with E-state index in [4.69, 9.17) is 10.2 Å². The molecule has 0 unspecified atom stereocenters. The Kier molecular flexibility index (Phi) is 5.42. The molecule has 3 aromatic rings. The van der Waals surface area contributed by atoms with Crippen molar-refractivity contribution in [1.82, 2.24) is 0 Å². The minimum atomic E-state index is -5.44. The van der Waals surface area contributed by atoms with Gasteiger partial charge in [-0.3, -0.25) is 0 Å². The first-order valence-electron chi connectivity index (χ1n) is 8.12. The maximum absolute atomic E-state index is 13.2. The van der Waals surface area contributed by atoms with Crippen LogP contribution in [0, 0.1) is 0 Å². The molecule has 29 heavy (non-hydrogen) atoms. The molecule has 0 radical (unpaired) electrons. The molecular weight excluding hydrogens is 404 g/mol. The molecule has 3 rings (SSSR count). The number of hydrogen-bond donors (Lipinski definition) is 2. The summed E-state index contributed by atoms with van der Waals surface area (Å²) in [6.07, 6.45) is 0. The molecule has 0 saturated heterocycles. The third-order valence-electron chi connectivity index (χ3n) is 4.11. The predicted octanol–water partition coefficient (Wildman–Crippen LogP) is 5.29. The number of rotatable bonds is 5. The number of aromatic carboxylic acids is 2. The molecule has 0 saturated carbocycles. The number of carbonyl (C=O) groups is 2. The summed E-state index contributed by atoms with van der Waals surface area (Å²) in [5, 5.41) is 17.9. The molecule has 0 aliphatic carbocycles. The fraction of sp³-hybridized carbons (Fsp3) is 0. The lowest BCUT2D eigenvalue weighted by Gasteiger charge is -2.10. The van der Waals surface area contributed by atoms with Gasteiger partial charge in [0.25, 0.3) is 0 Å². The first-order valence-corrected chi connectivity index (χ1v) is 9.43. The topological polar surface area (TPSA) is 104 Å². The smallest absolute Gasteiger partial charge is 0.371 e. The molecule has 0 heterocycles. The third-order valence-corrected chi connectivity index (χ3v) is 4.52. The molecule has 6 nitrogen and oxygen atoms in total. The fourth-order valence-electron chi connectivity index (χ4n) is 2.74. The van der Waals surface area contributed by atoms with E-state index in [0.717, 1.165) is 0 Å². The van der Waals surface area contributed by atoms with Crippen molar-refractivity contribution in [2.45, 2.75) is 0 Å². The zero-order valence-electron chi connectivity index (χ0n) is 14.6. The van der Waals surface area contributed by atoms with Gasteiger partial charge >= 0.3 is 22.4 Å². The van der Waals surface area contributed by atoms with Crippen LogP contribution in [0.1, 0.15) is 20.7 Å². The Bertz CT molecular complexity index is 1210. The van der Waals surface area contributed by atoms with Gasteiger partial charge in [-0.1, -0.05) is 44.2 Å². The lowest BCUT2D eigenvalue weighted by molar-refractivity contribution is 0.0686. The standard InChI is InChI=1S/C20H13F2NO5S/c21-29(22,28)23-18-11-16(12-1-5-14(6-2-12)19(24)25)9-10-17(18)13-3-7-15(8-4-13)20(26)27/h1-11H,(H,24,25)(H,26,27). The van der Waals surface area contributed by atoms with Crippen LogP contribution >= 0.6 is 0 Å². The van der Waals surface area contributed by atoms with Crippen LogP contribution in [-0.4, -0.2) is 26.4 Å². The maximum atomic E-state index is 13.2. The molecule has 148 valence electrons. The molecule has 0 aromatic heterocycles. The molecular formula is C20H13F2NO5S. The highest BCUT2D eigenvalue weighted by Crippen LogP contribution is 2.36. The predicted molar refractivity (Wildman–Crippen MR) is 104 cm³/mol. The third kappa shape index (κ3) is 4.82. The van der Waals surface area contributed by atoms with Gasteiger partial charge in [-0.05, 0) is 47.0 Å². The lowest BCUT2D eigenvalue weighted by Crippen LogP contribution is -1.95. The average molecular weight is 417 g/mol. The molecule has 2 N–H and O–H groups in total. The van der Waals surface area contributed by atoms with Crippen molar-refractivity contribution in [2.75, 3.05) is 0 Å². The van der Waals surface area contributed by atoms with E-state index < -0.39 is 22.4 Å². The van der Waals surface area contributed by atoms with Gasteiger partial charge < -0.3 is 10.2 Å². The van der Waals surface area contributed by atoms with E-state index in [1.807, 2.05) is 0 Å². The summed E-state index contributed by atoms with van der Waals surface area (Å²) in [6.45, 7) is 0. The van der Waals surface area contributed by atoms with E-state index in [9.17, 15) is 21.6 Å². The first-order chi connectivity index (χ1) is 13.6. The molecule has 0 amide bonds. The first kappa shape index (κ1) is 20.2. The molecule has 0 atom stereocenters. The van der Waals surface area contributed by atoms with Gasteiger partial charge in [0.05, 0.1) is 16.8 Å². The molecule has 0 aliphatic rings. The van der Waals surface area contributed by atoms with Crippen LogP contribution in [0.25, 0.3) is 22.3 Å².